The summed E-state index contributed by atoms with van der Waals surface area (Å²) in [5.74, 6) is 0.356. The van der Waals surface area contributed by atoms with Gasteiger partial charge in [0.25, 0.3) is 0 Å². The number of aryl methyl sites for hydroxylation is 1. The van der Waals surface area contributed by atoms with Crippen molar-refractivity contribution in [2.24, 2.45) is 7.05 Å². The van der Waals surface area contributed by atoms with E-state index < -0.39 is 0 Å². The number of carbonyl (C=O) groups excluding carboxylic acids is 1. The molecule has 9 heteroatoms. The van der Waals surface area contributed by atoms with Crippen molar-refractivity contribution in [2.45, 2.75) is 12.3 Å². The van der Waals surface area contributed by atoms with E-state index in [0.29, 0.717) is 11.0 Å². The Hall–Kier alpha value is -2.71. The van der Waals surface area contributed by atoms with Crippen molar-refractivity contribution in [1.82, 2.24) is 24.1 Å². The van der Waals surface area contributed by atoms with Crippen LogP contribution >= 0.6 is 22.9 Å². The van der Waals surface area contributed by atoms with Gasteiger partial charge in [0.05, 0.1) is 11.4 Å². The van der Waals surface area contributed by atoms with Crippen LogP contribution in [-0.2, 0) is 11.8 Å². The molecule has 0 radical (unpaired) electrons. The van der Waals surface area contributed by atoms with E-state index >= 15 is 0 Å². The molecule has 0 unspecified atom stereocenters. The van der Waals surface area contributed by atoms with Gasteiger partial charge >= 0.3 is 0 Å². The molecule has 0 fully saturated rings. The van der Waals surface area contributed by atoms with Gasteiger partial charge in [0, 0.05) is 42.7 Å². The molecule has 5 rings (SSSR count). The van der Waals surface area contributed by atoms with Crippen LogP contribution < -0.4 is 5.32 Å². The van der Waals surface area contributed by atoms with Gasteiger partial charge in [-0.3, -0.25) is 18.9 Å². The number of fused-ring (bicyclic) bond motifs is 2. The van der Waals surface area contributed by atoms with Crippen LogP contribution in [0, 0.1) is 0 Å². The molecule has 0 aliphatic carbocycles. The lowest BCUT2D eigenvalue weighted by Crippen LogP contribution is -2.25. The standard InChI is InChI=1S/C17H13ClN6OS/c1-23-16-12(13(22-23)10-4-2-3-5-19-10)9(8-11(25)20-16)14-15(18)21-17-24(14)6-7-26-17/h2-7,9H,8H2,1H3,(H,20,25)/t9-/m0/s1. The summed E-state index contributed by atoms with van der Waals surface area (Å²) in [5, 5.41) is 9.93. The summed E-state index contributed by atoms with van der Waals surface area (Å²) < 4.78 is 3.64. The molecule has 4 aromatic rings. The van der Waals surface area contributed by atoms with Gasteiger partial charge < -0.3 is 5.32 Å². The number of pyridine rings is 1. The van der Waals surface area contributed by atoms with Crippen LogP contribution in [0.5, 0.6) is 0 Å². The predicted octanol–water partition coefficient (Wildman–Crippen LogP) is 3.32. The maximum Gasteiger partial charge on any atom is 0.226 e. The summed E-state index contributed by atoms with van der Waals surface area (Å²) in [6.07, 6.45) is 3.94. The van der Waals surface area contributed by atoms with Crippen LogP contribution in [0.3, 0.4) is 0 Å². The molecule has 0 spiro atoms. The second-order valence-electron chi connectivity index (χ2n) is 6.10. The topological polar surface area (TPSA) is 77.1 Å². The highest BCUT2D eigenvalue weighted by Crippen LogP contribution is 2.44. The van der Waals surface area contributed by atoms with Crippen molar-refractivity contribution in [1.29, 1.82) is 0 Å². The number of rotatable bonds is 2. The quantitative estimate of drug-likeness (QED) is 0.575. The first kappa shape index (κ1) is 15.5. The Balaban J connectivity index is 1.79. The number of imidazole rings is 1. The first-order valence-corrected chi connectivity index (χ1v) is 9.28. The molecule has 130 valence electrons. The average Bonchev–Trinajstić information content (AvgIpc) is 3.29. The zero-order valence-corrected chi connectivity index (χ0v) is 15.3. The number of hydrogen-bond acceptors (Lipinski definition) is 5. The van der Waals surface area contributed by atoms with Crippen molar-refractivity contribution < 1.29 is 4.79 Å². The highest BCUT2D eigenvalue weighted by atomic mass is 35.5. The molecule has 1 N–H and O–H groups in total. The van der Waals surface area contributed by atoms with E-state index in [1.165, 1.54) is 11.3 Å². The molecule has 26 heavy (non-hydrogen) atoms. The van der Waals surface area contributed by atoms with Gasteiger partial charge in [-0.1, -0.05) is 17.7 Å². The molecule has 0 saturated heterocycles. The Kier molecular flexibility index (Phi) is 3.38. The summed E-state index contributed by atoms with van der Waals surface area (Å²) in [5.41, 5.74) is 3.23. The number of carbonyl (C=O) groups is 1. The number of nitrogens with zero attached hydrogens (tertiary/aromatic N) is 5. The van der Waals surface area contributed by atoms with Crippen LogP contribution in [0.2, 0.25) is 5.15 Å². The molecule has 1 aliphatic rings. The first-order chi connectivity index (χ1) is 12.6. The van der Waals surface area contributed by atoms with Crippen LogP contribution in [-0.4, -0.2) is 30.1 Å². The zero-order valence-electron chi connectivity index (χ0n) is 13.7. The summed E-state index contributed by atoms with van der Waals surface area (Å²) in [4.78, 5) is 22.0. The predicted molar refractivity (Wildman–Crippen MR) is 99.6 cm³/mol. The third kappa shape index (κ3) is 2.19. The monoisotopic (exact) mass is 384 g/mol. The Morgan fingerprint density at radius 2 is 2.27 bits per heavy atom. The first-order valence-electron chi connectivity index (χ1n) is 8.02. The number of thiazole rings is 1. The highest BCUT2D eigenvalue weighted by Gasteiger charge is 2.36. The fraction of sp³-hybridized carbons (Fsp3) is 0.176. The average molecular weight is 385 g/mol. The summed E-state index contributed by atoms with van der Waals surface area (Å²) in [7, 11) is 1.81. The molecule has 1 amide bonds. The molecule has 4 aromatic heterocycles. The van der Waals surface area contributed by atoms with Gasteiger partial charge in [-0.15, -0.1) is 11.3 Å². The second-order valence-corrected chi connectivity index (χ2v) is 7.33. The van der Waals surface area contributed by atoms with Gasteiger partial charge in [-0.2, -0.15) is 5.10 Å². The van der Waals surface area contributed by atoms with E-state index in [2.05, 4.69) is 20.4 Å². The van der Waals surface area contributed by atoms with Crippen molar-refractivity contribution in [3.8, 4) is 11.4 Å². The molecule has 0 saturated carbocycles. The summed E-state index contributed by atoms with van der Waals surface area (Å²) in [6, 6.07) is 5.69. The van der Waals surface area contributed by atoms with Crippen molar-refractivity contribution in [3.63, 3.8) is 0 Å². The lowest BCUT2D eigenvalue weighted by Gasteiger charge is -2.23. The number of nitrogens with one attached hydrogen (secondary N) is 1. The summed E-state index contributed by atoms with van der Waals surface area (Å²) in [6.45, 7) is 0. The van der Waals surface area contributed by atoms with E-state index in [1.807, 2.05) is 41.2 Å². The fourth-order valence-corrected chi connectivity index (χ4v) is 4.58. The van der Waals surface area contributed by atoms with E-state index in [-0.39, 0.29) is 18.2 Å². The Bertz CT molecular complexity index is 1150. The van der Waals surface area contributed by atoms with E-state index in [1.54, 1.807) is 10.9 Å². The van der Waals surface area contributed by atoms with Gasteiger partial charge in [-0.25, -0.2) is 4.98 Å². The summed E-state index contributed by atoms with van der Waals surface area (Å²) >= 11 is 7.97. The zero-order chi connectivity index (χ0) is 17.8. The van der Waals surface area contributed by atoms with Crippen molar-refractivity contribution in [2.75, 3.05) is 5.32 Å². The van der Waals surface area contributed by atoms with Crippen molar-refractivity contribution in [3.05, 3.63) is 52.4 Å². The van der Waals surface area contributed by atoms with E-state index in [4.69, 9.17) is 11.6 Å². The van der Waals surface area contributed by atoms with Crippen LogP contribution in [0.15, 0.2) is 36.0 Å². The number of aromatic nitrogens is 5. The minimum absolute atomic E-state index is 0.0701. The molecular formula is C17H13ClN6OS. The lowest BCUT2D eigenvalue weighted by molar-refractivity contribution is -0.116. The molecule has 7 nitrogen and oxygen atoms in total. The maximum atomic E-state index is 12.4. The van der Waals surface area contributed by atoms with Crippen LogP contribution in [0.1, 0.15) is 23.6 Å². The molecule has 0 aromatic carbocycles. The van der Waals surface area contributed by atoms with E-state index in [9.17, 15) is 4.79 Å². The Morgan fingerprint density at radius 3 is 3.08 bits per heavy atom. The third-order valence-electron chi connectivity index (χ3n) is 4.57. The van der Waals surface area contributed by atoms with E-state index in [0.717, 1.165) is 27.6 Å². The number of anilines is 1. The fourth-order valence-electron chi connectivity index (χ4n) is 3.50. The molecular weight excluding hydrogens is 372 g/mol. The SMILES string of the molecule is Cn1nc(-c2ccccn2)c2c1NC(=O)C[C@@H]2c1c(Cl)nc2sccn12. The number of hydrogen-bond donors (Lipinski definition) is 1. The van der Waals surface area contributed by atoms with Gasteiger partial charge in [0.1, 0.15) is 11.5 Å². The maximum absolute atomic E-state index is 12.4. The normalized spacial score (nSPS) is 16.7. The van der Waals surface area contributed by atoms with Crippen molar-refractivity contribution >= 4 is 39.6 Å². The second kappa shape index (κ2) is 5.65. The Labute approximate surface area is 157 Å². The molecule has 5 heterocycles. The minimum atomic E-state index is -0.249. The molecule has 1 aliphatic heterocycles. The largest absolute Gasteiger partial charge is 0.311 e. The minimum Gasteiger partial charge on any atom is -0.311 e. The van der Waals surface area contributed by atoms with Crippen LogP contribution in [0.25, 0.3) is 16.3 Å². The molecule has 0 bridgehead atoms. The van der Waals surface area contributed by atoms with Gasteiger partial charge in [0.15, 0.2) is 10.1 Å². The Morgan fingerprint density at radius 1 is 1.38 bits per heavy atom. The number of amides is 1. The number of halogens is 1. The smallest absolute Gasteiger partial charge is 0.226 e. The van der Waals surface area contributed by atoms with Gasteiger partial charge in [0.2, 0.25) is 5.91 Å². The molecule has 1 atom stereocenters. The van der Waals surface area contributed by atoms with Crippen LogP contribution in [0.4, 0.5) is 5.82 Å². The van der Waals surface area contributed by atoms with Gasteiger partial charge in [-0.05, 0) is 12.1 Å². The highest BCUT2D eigenvalue weighted by molar-refractivity contribution is 7.15. The lowest BCUT2D eigenvalue weighted by atomic mass is 9.88. The third-order valence-corrected chi connectivity index (χ3v) is 5.61.